The Bertz CT molecular complexity index is 1060. The molecule has 1 aromatic carbocycles. The molecule has 154 valence electrons. The fourth-order valence-corrected chi connectivity index (χ4v) is 4.09. The summed E-state index contributed by atoms with van der Waals surface area (Å²) in [6.45, 7) is 3.35. The molecule has 4 rings (SSSR count). The zero-order valence-corrected chi connectivity index (χ0v) is 17.0. The van der Waals surface area contributed by atoms with Gasteiger partial charge in [-0.05, 0) is 30.7 Å². The van der Waals surface area contributed by atoms with Gasteiger partial charge in [0.15, 0.2) is 5.13 Å². The number of amides is 3. The Labute approximate surface area is 176 Å². The standard InChI is InChI=1S/C20H19FN6O2S/c1-13-17(18(28)24-11-16-22-7-2-8-23-16)30-19(25-13)27-10-9-26(20(27)29)12-14-3-5-15(21)6-4-14/h2-8H,9-12H2,1H3,(H,24,28). The van der Waals surface area contributed by atoms with E-state index in [9.17, 15) is 14.0 Å². The molecule has 10 heteroatoms. The van der Waals surface area contributed by atoms with Gasteiger partial charge in [0, 0.05) is 32.0 Å². The van der Waals surface area contributed by atoms with Crippen LogP contribution in [-0.4, -0.2) is 44.9 Å². The van der Waals surface area contributed by atoms with Crippen LogP contribution < -0.4 is 10.2 Å². The molecule has 1 N–H and O–H groups in total. The van der Waals surface area contributed by atoms with Gasteiger partial charge < -0.3 is 10.2 Å². The Morgan fingerprint density at radius 2 is 1.93 bits per heavy atom. The van der Waals surface area contributed by atoms with Gasteiger partial charge in [0.2, 0.25) is 0 Å². The van der Waals surface area contributed by atoms with E-state index in [-0.39, 0.29) is 24.3 Å². The minimum atomic E-state index is -0.309. The fourth-order valence-electron chi connectivity index (χ4n) is 3.09. The van der Waals surface area contributed by atoms with E-state index in [0.717, 1.165) is 5.56 Å². The first-order chi connectivity index (χ1) is 14.5. The normalized spacial score (nSPS) is 13.7. The van der Waals surface area contributed by atoms with Gasteiger partial charge in [-0.2, -0.15) is 0 Å². The van der Waals surface area contributed by atoms with Crippen LogP contribution in [0.4, 0.5) is 14.3 Å². The first kappa shape index (κ1) is 19.9. The molecule has 3 heterocycles. The van der Waals surface area contributed by atoms with Crippen LogP contribution in [0.2, 0.25) is 0 Å². The molecule has 1 aliphatic heterocycles. The monoisotopic (exact) mass is 426 g/mol. The molecule has 1 aliphatic rings. The summed E-state index contributed by atoms with van der Waals surface area (Å²) < 4.78 is 13.1. The Kier molecular flexibility index (Phi) is 5.66. The van der Waals surface area contributed by atoms with Crippen LogP contribution >= 0.6 is 11.3 Å². The first-order valence-corrected chi connectivity index (χ1v) is 10.2. The molecule has 30 heavy (non-hydrogen) atoms. The Balaban J connectivity index is 1.41. The number of hydrogen-bond acceptors (Lipinski definition) is 6. The molecule has 8 nitrogen and oxygen atoms in total. The summed E-state index contributed by atoms with van der Waals surface area (Å²) in [6.07, 6.45) is 3.22. The van der Waals surface area contributed by atoms with Crippen molar-refractivity contribution in [3.63, 3.8) is 0 Å². The lowest BCUT2D eigenvalue weighted by atomic mass is 10.2. The predicted octanol–water partition coefficient (Wildman–Crippen LogP) is 2.75. The summed E-state index contributed by atoms with van der Waals surface area (Å²) in [4.78, 5) is 41.6. The number of nitrogens with one attached hydrogen (secondary N) is 1. The quantitative estimate of drug-likeness (QED) is 0.655. The van der Waals surface area contributed by atoms with Gasteiger partial charge >= 0.3 is 6.03 Å². The highest BCUT2D eigenvalue weighted by Crippen LogP contribution is 2.29. The van der Waals surface area contributed by atoms with Gasteiger partial charge in [-0.15, -0.1) is 0 Å². The van der Waals surface area contributed by atoms with Crippen LogP contribution in [-0.2, 0) is 13.1 Å². The van der Waals surface area contributed by atoms with Crippen LogP contribution in [0.3, 0.4) is 0 Å². The zero-order valence-electron chi connectivity index (χ0n) is 16.2. The number of nitrogens with zero attached hydrogens (tertiary/aromatic N) is 5. The third kappa shape index (κ3) is 4.28. The van der Waals surface area contributed by atoms with Crippen molar-refractivity contribution in [1.29, 1.82) is 0 Å². The zero-order chi connectivity index (χ0) is 21.1. The molecule has 0 radical (unpaired) electrons. The average Bonchev–Trinajstić information content (AvgIpc) is 3.31. The molecule has 3 aromatic rings. The maximum atomic E-state index is 13.1. The molecule has 2 aromatic heterocycles. The lowest BCUT2D eigenvalue weighted by Crippen LogP contribution is -2.31. The van der Waals surface area contributed by atoms with Crippen LogP contribution in [0.5, 0.6) is 0 Å². The highest BCUT2D eigenvalue weighted by Gasteiger charge is 2.32. The van der Waals surface area contributed by atoms with E-state index in [1.807, 2.05) is 0 Å². The number of hydrogen-bond donors (Lipinski definition) is 1. The number of urea groups is 1. The van der Waals surface area contributed by atoms with E-state index in [0.29, 0.717) is 41.2 Å². The largest absolute Gasteiger partial charge is 0.344 e. The number of halogens is 1. The lowest BCUT2D eigenvalue weighted by Gasteiger charge is -2.16. The SMILES string of the molecule is Cc1nc(N2CCN(Cc3ccc(F)cc3)C2=O)sc1C(=O)NCc1ncccn1. The second-order valence-corrected chi connectivity index (χ2v) is 7.72. The summed E-state index contributed by atoms with van der Waals surface area (Å²) in [7, 11) is 0. The molecule has 0 unspecified atom stereocenters. The molecule has 0 atom stereocenters. The Morgan fingerprint density at radius 3 is 2.67 bits per heavy atom. The van der Waals surface area contributed by atoms with Gasteiger partial charge in [0.1, 0.15) is 16.5 Å². The van der Waals surface area contributed by atoms with E-state index >= 15 is 0 Å². The number of carbonyl (C=O) groups is 2. The summed E-state index contributed by atoms with van der Waals surface area (Å²) >= 11 is 1.18. The summed E-state index contributed by atoms with van der Waals surface area (Å²) in [5, 5.41) is 3.27. The van der Waals surface area contributed by atoms with E-state index in [1.165, 1.54) is 23.5 Å². The minimum Gasteiger partial charge on any atom is -0.344 e. The summed E-state index contributed by atoms with van der Waals surface area (Å²) in [6, 6.07) is 7.61. The number of benzene rings is 1. The van der Waals surface area contributed by atoms with E-state index in [4.69, 9.17) is 0 Å². The van der Waals surface area contributed by atoms with Gasteiger partial charge in [0.25, 0.3) is 5.91 Å². The molecular formula is C20H19FN6O2S. The third-order valence-electron chi connectivity index (χ3n) is 4.63. The van der Waals surface area contributed by atoms with Gasteiger partial charge in [0.05, 0.1) is 12.2 Å². The summed E-state index contributed by atoms with van der Waals surface area (Å²) in [5.74, 6) is -0.0751. The maximum Gasteiger partial charge on any atom is 0.326 e. The minimum absolute atomic E-state index is 0.183. The predicted molar refractivity (Wildman–Crippen MR) is 110 cm³/mol. The second kappa shape index (κ2) is 8.54. The Hall–Kier alpha value is -3.40. The van der Waals surface area contributed by atoms with Gasteiger partial charge in [-0.1, -0.05) is 23.5 Å². The van der Waals surface area contributed by atoms with Crippen molar-refractivity contribution in [3.8, 4) is 0 Å². The van der Waals surface area contributed by atoms with Crippen molar-refractivity contribution in [1.82, 2.24) is 25.2 Å². The number of carbonyl (C=O) groups excluding carboxylic acids is 2. The third-order valence-corrected chi connectivity index (χ3v) is 5.81. The molecular weight excluding hydrogens is 407 g/mol. The molecule has 0 saturated carbocycles. The van der Waals surface area contributed by atoms with Crippen LogP contribution in [0.25, 0.3) is 0 Å². The Morgan fingerprint density at radius 1 is 1.20 bits per heavy atom. The van der Waals surface area contributed by atoms with E-state index in [2.05, 4.69) is 20.3 Å². The number of aryl methyl sites for hydroxylation is 1. The van der Waals surface area contributed by atoms with Crippen LogP contribution in [0.15, 0.2) is 42.7 Å². The topological polar surface area (TPSA) is 91.3 Å². The van der Waals surface area contributed by atoms with Gasteiger partial charge in [-0.3, -0.25) is 9.69 Å². The number of anilines is 1. The van der Waals surface area contributed by atoms with Gasteiger partial charge in [-0.25, -0.2) is 24.1 Å². The maximum absolute atomic E-state index is 13.1. The molecule has 0 aliphatic carbocycles. The smallest absolute Gasteiger partial charge is 0.326 e. The second-order valence-electron chi connectivity index (χ2n) is 6.74. The average molecular weight is 426 g/mol. The van der Waals surface area contributed by atoms with Crippen molar-refractivity contribution in [2.24, 2.45) is 0 Å². The van der Waals surface area contributed by atoms with Crippen molar-refractivity contribution in [3.05, 3.63) is 70.5 Å². The molecule has 0 spiro atoms. The van der Waals surface area contributed by atoms with Crippen molar-refractivity contribution in [2.45, 2.75) is 20.0 Å². The lowest BCUT2D eigenvalue weighted by molar-refractivity contribution is 0.0953. The van der Waals surface area contributed by atoms with Crippen molar-refractivity contribution in [2.75, 3.05) is 18.0 Å². The molecule has 0 bridgehead atoms. The highest BCUT2D eigenvalue weighted by atomic mass is 32.1. The van der Waals surface area contributed by atoms with E-state index in [1.54, 1.807) is 47.3 Å². The highest BCUT2D eigenvalue weighted by molar-refractivity contribution is 7.17. The van der Waals surface area contributed by atoms with Crippen LogP contribution in [0, 0.1) is 12.7 Å². The molecule has 3 amide bonds. The van der Waals surface area contributed by atoms with Crippen molar-refractivity contribution < 1.29 is 14.0 Å². The van der Waals surface area contributed by atoms with Crippen LogP contribution in [0.1, 0.15) is 26.8 Å². The number of thiazole rings is 1. The first-order valence-electron chi connectivity index (χ1n) is 9.33. The molecule has 1 fully saturated rings. The van der Waals surface area contributed by atoms with E-state index < -0.39 is 0 Å². The summed E-state index contributed by atoms with van der Waals surface area (Å²) in [5.41, 5.74) is 1.41. The fraction of sp³-hybridized carbons (Fsp3) is 0.250. The number of rotatable bonds is 6. The molecule has 1 saturated heterocycles. The van der Waals surface area contributed by atoms with Crippen molar-refractivity contribution >= 4 is 28.4 Å². The number of aromatic nitrogens is 3.